The molecule has 0 radical (unpaired) electrons. The zero-order chi connectivity index (χ0) is 15.0. The second-order valence-corrected chi connectivity index (χ2v) is 5.63. The van der Waals surface area contributed by atoms with E-state index in [0.29, 0.717) is 23.6 Å². The molecule has 1 aliphatic rings. The van der Waals surface area contributed by atoms with Crippen LogP contribution in [0.2, 0.25) is 0 Å². The molecule has 0 saturated carbocycles. The molecule has 3 rings (SSSR count). The lowest BCUT2D eigenvalue weighted by Crippen LogP contribution is -2.38. The Hall–Kier alpha value is -2.15. The molecule has 0 spiro atoms. The van der Waals surface area contributed by atoms with Crippen LogP contribution >= 0.6 is 15.9 Å². The van der Waals surface area contributed by atoms with Crippen molar-refractivity contribution in [3.05, 3.63) is 45.6 Å². The molecule has 1 amide bonds. The molecule has 0 saturated heterocycles. The smallest absolute Gasteiger partial charge is 0.339 e. The highest BCUT2D eigenvalue weighted by Gasteiger charge is 2.31. The number of aromatic nitrogens is 1. The number of fused-ring (bicyclic) bond motifs is 1. The molecule has 1 aliphatic heterocycles. The van der Waals surface area contributed by atoms with Crippen LogP contribution in [0.5, 0.6) is 0 Å². The summed E-state index contributed by atoms with van der Waals surface area (Å²) < 4.78 is 10.9. The van der Waals surface area contributed by atoms with E-state index < -0.39 is 18.0 Å². The van der Waals surface area contributed by atoms with Gasteiger partial charge in [0.15, 0.2) is 11.9 Å². The van der Waals surface area contributed by atoms with Gasteiger partial charge in [0.1, 0.15) is 5.76 Å². The first-order valence-electron chi connectivity index (χ1n) is 6.26. The molecule has 1 aromatic carbocycles. The fraction of sp³-hybridized carbons (Fsp3) is 0.214. The number of carbonyl (C=O) groups is 2. The fourth-order valence-corrected chi connectivity index (χ4v) is 2.55. The van der Waals surface area contributed by atoms with Crippen LogP contribution in [0.25, 0.3) is 0 Å². The van der Waals surface area contributed by atoms with Crippen molar-refractivity contribution < 1.29 is 18.8 Å². The van der Waals surface area contributed by atoms with Crippen molar-refractivity contribution in [3.8, 4) is 0 Å². The first kappa shape index (κ1) is 13.8. The summed E-state index contributed by atoms with van der Waals surface area (Å²) in [6.45, 7) is 1.72. The van der Waals surface area contributed by atoms with E-state index in [1.165, 1.54) is 0 Å². The minimum atomic E-state index is -0.878. The monoisotopic (exact) mass is 350 g/mol. The van der Waals surface area contributed by atoms with E-state index in [-0.39, 0.29) is 0 Å². The van der Waals surface area contributed by atoms with Gasteiger partial charge in [-0.3, -0.25) is 4.79 Å². The molecular weight excluding hydrogens is 340 g/mol. The van der Waals surface area contributed by atoms with E-state index in [4.69, 9.17) is 9.26 Å². The average Bonchev–Trinajstić information content (AvgIpc) is 2.83. The van der Waals surface area contributed by atoms with E-state index in [1.807, 2.05) is 6.07 Å². The lowest BCUT2D eigenvalue weighted by molar-refractivity contribution is -0.125. The second kappa shape index (κ2) is 5.33. The Morgan fingerprint density at radius 2 is 2.24 bits per heavy atom. The van der Waals surface area contributed by atoms with E-state index in [0.717, 1.165) is 10.0 Å². The number of halogens is 1. The van der Waals surface area contributed by atoms with Crippen LogP contribution in [0.15, 0.2) is 33.3 Å². The molecular formula is C14H11BrN2O4. The van der Waals surface area contributed by atoms with E-state index in [9.17, 15) is 9.59 Å². The first-order chi connectivity index (χ1) is 10.0. The molecule has 108 valence electrons. The number of hydrogen-bond donors (Lipinski definition) is 1. The molecule has 21 heavy (non-hydrogen) atoms. The number of ether oxygens (including phenoxy) is 1. The number of cyclic esters (lactones) is 1. The molecule has 1 N–H and O–H groups in total. The van der Waals surface area contributed by atoms with Gasteiger partial charge in [0.2, 0.25) is 0 Å². The van der Waals surface area contributed by atoms with Crippen LogP contribution < -0.4 is 5.32 Å². The number of hydrogen-bond acceptors (Lipinski definition) is 5. The summed E-state index contributed by atoms with van der Waals surface area (Å²) in [7, 11) is 0. The van der Waals surface area contributed by atoms with E-state index in [2.05, 4.69) is 26.4 Å². The highest BCUT2D eigenvalue weighted by atomic mass is 79.9. The van der Waals surface area contributed by atoms with Crippen LogP contribution in [-0.4, -0.2) is 23.1 Å². The van der Waals surface area contributed by atoms with Gasteiger partial charge in [-0.05, 0) is 30.7 Å². The van der Waals surface area contributed by atoms with Crippen molar-refractivity contribution in [3.63, 3.8) is 0 Å². The maximum absolute atomic E-state index is 12.1. The normalized spacial score (nSPS) is 17.0. The Morgan fingerprint density at radius 3 is 2.95 bits per heavy atom. The summed E-state index contributed by atoms with van der Waals surface area (Å²) in [5.74, 6) is -0.0451. The summed E-state index contributed by atoms with van der Waals surface area (Å²) in [5.41, 5.74) is 1.26. The zero-order valence-corrected chi connectivity index (χ0v) is 12.6. The van der Waals surface area contributed by atoms with E-state index in [1.54, 1.807) is 25.1 Å². The number of benzene rings is 1. The molecule has 0 unspecified atom stereocenters. The highest BCUT2D eigenvalue weighted by Crippen LogP contribution is 2.25. The van der Waals surface area contributed by atoms with Gasteiger partial charge < -0.3 is 14.6 Å². The quantitative estimate of drug-likeness (QED) is 0.841. The van der Waals surface area contributed by atoms with Crippen molar-refractivity contribution in [1.82, 2.24) is 5.16 Å². The number of anilines is 1. The third kappa shape index (κ3) is 2.82. The van der Waals surface area contributed by atoms with Crippen molar-refractivity contribution in [1.29, 1.82) is 0 Å². The van der Waals surface area contributed by atoms with Crippen molar-refractivity contribution >= 4 is 33.6 Å². The molecule has 2 aromatic rings. The predicted molar refractivity (Wildman–Crippen MR) is 76.9 cm³/mol. The minimum Gasteiger partial charge on any atom is -0.448 e. The highest BCUT2D eigenvalue weighted by molar-refractivity contribution is 9.10. The van der Waals surface area contributed by atoms with Crippen LogP contribution in [0.3, 0.4) is 0 Å². The molecule has 1 atom stereocenters. The number of nitrogens with one attached hydrogen (secondary N) is 1. The molecule has 1 aromatic heterocycles. The summed E-state index contributed by atoms with van der Waals surface area (Å²) >= 11 is 3.35. The zero-order valence-electron chi connectivity index (χ0n) is 11.1. The van der Waals surface area contributed by atoms with Gasteiger partial charge in [0.05, 0.1) is 5.56 Å². The van der Waals surface area contributed by atoms with E-state index >= 15 is 0 Å². The van der Waals surface area contributed by atoms with Crippen molar-refractivity contribution in [2.45, 2.75) is 19.4 Å². The number of rotatable bonds is 2. The Balaban J connectivity index is 1.78. The summed E-state index contributed by atoms with van der Waals surface area (Å²) in [5, 5.41) is 6.24. The topological polar surface area (TPSA) is 81.4 Å². The third-order valence-corrected chi connectivity index (χ3v) is 3.61. The number of esters is 1. The predicted octanol–water partition coefficient (Wildman–Crippen LogP) is 2.47. The van der Waals surface area contributed by atoms with Gasteiger partial charge in [-0.1, -0.05) is 21.1 Å². The first-order valence-corrected chi connectivity index (χ1v) is 7.06. The third-order valence-electron chi connectivity index (χ3n) is 3.11. The molecule has 2 heterocycles. The minimum absolute atomic E-state index is 0.300. The van der Waals surface area contributed by atoms with Gasteiger partial charge in [0.25, 0.3) is 5.91 Å². The lowest BCUT2D eigenvalue weighted by atomic mass is 9.98. The SMILES string of the molecule is Cc1cc(NC(=O)[C@@H]2Cc3cc(Br)ccc3C(=O)O2)no1. The maximum Gasteiger partial charge on any atom is 0.339 e. The Kier molecular flexibility index (Phi) is 3.50. The van der Waals surface area contributed by atoms with Gasteiger partial charge in [-0.25, -0.2) is 4.79 Å². The second-order valence-electron chi connectivity index (χ2n) is 4.71. The van der Waals surface area contributed by atoms with Crippen molar-refractivity contribution in [2.24, 2.45) is 0 Å². The number of amides is 1. The van der Waals surface area contributed by atoms with Crippen molar-refractivity contribution in [2.75, 3.05) is 5.32 Å². The summed E-state index contributed by atoms with van der Waals surface area (Å²) in [6.07, 6.45) is -0.556. The van der Waals surface area contributed by atoms with Crippen LogP contribution in [0.4, 0.5) is 5.82 Å². The Morgan fingerprint density at radius 1 is 1.43 bits per heavy atom. The number of nitrogens with zero attached hydrogens (tertiary/aromatic N) is 1. The fourth-order valence-electron chi connectivity index (χ4n) is 2.14. The summed E-state index contributed by atoms with van der Waals surface area (Å²) in [6, 6.07) is 6.85. The standard InChI is InChI=1S/C14H11BrN2O4/c1-7-4-12(17-21-7)16-13(18)11-6-8-5-9(15)2-3-10(8)14(19)20-11/h2-5,11H,6H2,1H3,(H,16,17,18)/t11-/m0/s1. The van der Waals surface area contributed by atoms with Gasteiger partial charge in [-0.2, -0.15) is 0 Å². The summed E-state index contributed by atoms with van der Waals surface area (Å²) in [4.78, 5) is 24.1. The average molecular weight is 351 g/mol. The molecule has 7 heteroatoms. The largest absolute Gasteiger partial charge is 0.448 e. The molecule has 0 fully saturated rings. The van der Waals surface area contributed by atoms with Crippen LogP contribution in [0.1, 0.15) is 21.7 Å². The van der Waals surface area contributed by atoms with Crippen LogP contribution in [0, 0.1) is 6.92 Å². The maximum atomic E-state index is 12.1. The number of carbonyl (C=O) groups excluding carboxylic acids is 2. The molecule has 0 bridgehead atoms. The van der Waals surface area contributed by atoms with Crippen LogP contribution in [-0.2, 0) is 16.0 Å². The van der Waals surface area contributed by atoms with Gasteiger partial charge in [0, 0.05) is 17.0 Å². The molecule has 6 nitrogen and oxygen atoms in total. The van der Waals surface area contributed by atoms with Gasteiger partial charge >= 0.3 is 5.97 Å². The lowest BCUT2D eigenvalue weighted by Gasteiger charge is -2.23. The number of aryl methyl sites for hydroxylation is 1. The molecule has 0 aliphatic carbocycles. The Labute approximate surface area is 128 Å². The Bertz CT molecular complexity index is 726. The van der Waals surface area contributed by atoms with Gasteiger partial charge in [-0.15, -0.1) is 0 Å².